The third-order valence-corrected chi connectivity index (χ3v) is 5.18. The van der Waals surface area contributed by atoms with Gasteiger partial charge in [-0.05, 0) is 30.7 Å². The lowest BCUT2D eigenvalue weighted by Crippen LogP contribution is -2.27. The van der Waals surface area contributed by atoms with Gasteiger partial charge in [0.05, 0.1) is 26.0 Å². The van der Waals surface area contributed by atoms with Crippen molar-refractivity contribution in [3.05, 3.63) is 30.3 Å². The zero-order chi connectivity index (χ0) is 16.1. The van der Waals surface area contributed by atoms with E-state index in [1.54, 1.807) is 7.11 Å². The first-order valence-electron chi connectivity index (χ1n) is 7.97. The van der Waals surface area contributed by atoms with Crippen molar-refractivity contribution in [1.29, 1.82) is 0 Å². The molecule has 1 atom stereocenters. The summed E-state index contributed by atoms with van der Waals surface area (Å²) < 4.78 is 7.14. The van der Waals surface area contributed by atoms with Crippen LogP contribution in [0.1, 0.15) is 12.8 Å². The quantitative estimate of drug-likeness (QED) is 0.851. The number of thioether (sulfide) groups is 1. The molecule has 0 unspecified atom stereocenters. The molecule has 1 fully saturated rings. The molecule has 0 radical (unpaired) electrons. The molecule has 2 N–H and O–H groups in total. The first kappa shape index (κ1) is 16.2. The van der Waals surface area contributed by atoms with Crippen molar-refractivity contribution in [2.45, 2.75) is 25.4 Å². The van der Waals surface area contributed by atoms with Crippen LogP contribution in [0.5, 0.6) is 5.75 Å². The number of hydrogen-bond donors (Lipinski definition) is 2. The molecule has 1 aromatic carbocycles. The van der Waals surface area contributed by atoms with Crippen LogP contribution in [-0.2, 0) is 6.54 Å². The first-order chi connectivity index (χ1) is 11.3. The number of anilines is 1. The monoisotopic (exact) mass is 333 g/mol. The van der Waals surface area contributed by atoms with Gasteiger partial charge in [0.15, 0.2) is 0 Å². The summed E-state index contributed by atoms with van der Waals surface area (Å²) in [6, 6.07) is 10.4. The van der Waals surface area contributed by atoms with Gasteiger partial charge < -0.3 is 15.2 Å². The van der Waals surface area contributed by atoms with Crippen molar-refractivity contribution >= 4 is 17.6 Å². The Morgan fingerprint density at radius 3 is 3.09 bits per heavy atom. The van der Waals surface area contributed by atoms with Crippen molar-refractivity contribution in [3.8, 4) is 17.0 Å². The van der Waals surface area contributed by atoms with Crippen LogP contribution < -0.4 is 10.1 Å². The molecule has 5 nitrogen and oxygen atoms in total. The van der Waals surface area contributed by atoms with Gasteiger partial charge in [0.2, 0.25) is 0 Å². The van der Waals surface area contributed by atoms with Gasteiger partial charge in [-0.25, -0.2) is 4.68 Å². The van der Waals surface area contributed by atoms with Gasteiger partial charge in [-0.2, -0.15) is 16.9 Å². The molecule has 1 aromatic heterocycles. The number of methoxy groups -OCH3 is 1. The van der Waals surface area contributed by atoms with Gasteiger partial charge in [-0.1, -0.05) is 12.1 Å². The van der Waals surface area contributed by atoms with E-state index < -0.39 is 0 Å². The van der Waals surface area contributed by atoms with Crippen molar-refractivity contribution in [3.63, 3.8) is 0 Å². The minimum absolute atomic E-state index is 0.0767. The smallest absolute Gasteiger partial charge is 0.125 e. The van der Waals surface area contributed by atoms with Gasteiger partial charge in [-0.3, -0.25) is 0 Å². The number of hydrogen-bond acceptors (Lipinski definition) is 5. The molecule has 6 heteroatoms. The summed E-state index contributed by atoms with van der Waals surface area (Å²) in [6.07, 6.45) is 2.44. The molecule has 2 heterocycles. The SMILES string of the molecule is COc1cccc(-c2cc(N[C@@H]3CCCSC3)n(CCO)n2)c1. The van der Waals surface area contributed by atoms with E-state index in [1.807, 2.05) is 40.7 Å². The first-order valence-corrected chi connectivity index (χ1v) is 9.13. The summed E-state index contributed by atoms with van der Waals surface area (Å²) in [4.78, 5) is 0. The van der Waals surface area contributed by atoms with Crippen LogP contribution in [0.2, 0.25) is 0 Å². The Labute approximate surface area is 141 Å². The number of nitrogens with zero attached hydrogens (tertiary/aromatic N) is 2. The van der Waals surface area contributed by atoms with Crippen molar-refractivity contribution in [2.75, 3.05) is 30.5 Å². The third kappa shape index (κ3) is 4.00. The number of benzene rings is 1. The van der Waals surface area contributed by atoms with Crippen LogP contribution in [0.25, 0.3) is 11.3 Å². The molecule has 124 valence electrons. The average molecular weight is 333 g/mol. The second-order valence-electron chi connectivity index (χ2n) is 5.65. The minimum Gasteiger partial charge on any atom is -0.497 e. The summed E-state index contributed by atoms with van der Waals surface area (Å²) in [5.74, 6) is 4.17. The molecule has 0 aliphatic carbocycles. The second-order valence-corrected chi connectivity index (χ2v) is 6.80. The standard InChI is InChI=1S/C17H23N3O2S/c1-22-15-6-2-4-13(10-15)16-11-17(20(19-16)7-8-21)18-14-5-3-9-23-12-14/h2,4,6,10-11,14,18,21H,3,5,7-9,12H2,1H3/t14-/m1/s1. The van der Waals surface area contributed by atoms with Gasteiger partial charge in [0.1, 0.15) is 11.6 Å². The molecule has 1 aliphatic heterocycles. The van der Waals surface area contributed by atoms with Crippen LogP contribution in [0.3, 0.4) is 0 Å². The number of nitrogens with one attached hydrogen (secondary N) is 1. The molecule has 1 aliphatic rings. The lowest BCUT2D eigenvalue weighted by Gasteiger charge is -2.23. The predicted molar refractivity (Wildman–Crippen MR) is 95.3 cm³/mol. The Morgan fingerprint density at radius 2 is 2.35 bits per heavy atom. The number of aromatic nitrogens is 2. The van der Waals surface area contributed by atoms with E-state index in [-0.39, 0.29) is 6.61 Å². The fourth-order valence-corrected chi connectivity index (χ4v) is 3.86. The molecule has 2 aromatic rings. The molecule has 0 amide bonds. The maximum Gasteiger partial charge on any atom is 0.125 e. The van der Waals surface area contributed by atoms with E-state index >= 15 is 0 Å². The number of rotatable bonds is 6. The fraction of sp³-hybridized carbons (Fsp3) is 0.471. The average Bonchev–Trinajstić information content (AvgIpc) is 2.99. The van der Waals surface area contributed by atoms with Crippen molar-refractivity contribution < 1.29 is 9.84 Å². The van der Waals surface area contributed by atoms with E-state index in [9.17, 15) is 5.11 Å². The van der Waals surface area contributed by atoms with Crippen LogP contribution >= 0.6 is 11.8 Å². The molecular weight excluding hydrogens is 310 g/mol. The highest BCUT2D eigenvalue weighted by molar-refractivity contribution is 7.99. The van der Waals surface area contributed by atoms with E-state index in [0.29, 0.717) is 12.6 Å². The number of aliphatic hydroxyl groups excluding tert-OH is 1. The minimum atomic E-state index is 0.0767. The van der Waals surface area contributed by atoms with Gasteiger partial charge in [0.25, 0.3) is 0 Å². The van der Waals surface area contributed by atoms with Crippen LogP contribution in [0, 0.1) is 0 Å². The zero-order valence-corrected chi connectivity index (χ0v) is 14.2. The number of aliphatic hydroxyl groups is 1. The Hall–Kier alpha value is -1.66. The van der Waals surface area contributed by atoms with Crippen LogP contribution in [0.15, 0.2) is 30.3 Å². The van der Waals surface area contributed by atoms with E-state index in [4.69, 9.17) is 4.74 Å². The summed E-state index contributed by atoms with van der Waals surface area (Å²) in [5.41, 5.74) is 1.91. The van der Waals surface area contributed by atoms with Crippen molar-refractivity contribution in [1.82, 2.24) is 9.78 Å². The van der Waals surface area contributed by atoms with Crippen molar-refractivity contribution in [2.24, 2.45) is 0 Å². The van der Waals surface area contributed by atoms with E-state index in [0.717, 1.165) is 28.6 Å². The second kappa shape index (κ2) is 7.75. The topological polar surface area (TPSA) is 59.3 Å². The normalized spacial score (nSPS) is 17.9. The van der Waals surface area contributed by atoms with Gasteiger partial charge >= 0.3 is 0 Å². The molecule has 0 bridgehead atoms. The lowest BCUT2D eigenvalue weighted by atomic mass is 10.1. The van der Waals surface area contributed by atoms with E-state index in [2.05, 4.69) is 16.5 Å². The number of ether oxygens (including phenoxy) is 1. The molecule has 23 heavy (non-hydrogen) atoms. The van der Waals surface area contributed by atoms with Gasteiger partial charge in [0, 0.05) is 23.4 Å². The highest BCUT2D eigenvalue weighted by atomic mass is 32.2. The molecule has 1 saturated heterocycles. The van der Waals surface area contributed by atoms with Crippen LogP contribution in [-0.4, -0.2) is 46.2 Å². The highest BCUT2D eigenvalue weighted by Gasteiger charge is 2.17. The van der Waals surface area contributed by atoms with Gasteiger partial charge in [-0.15, -0.1) is 0 Å². The maximum absolute atomic E-state index is 9.30. The summed E-state index contributed by atoms with van der Waals surface area (Å²) in [7, 11) is 1.66. The molecular formula is C17H23N3O2S. The Bertz CT molecular complexity index is 639. The molecule has 3 rings (SSSR count). The Morgan fingerprint density at radius 1 is 1.43 bits per heavy atom. The Balaban J connectivity index is 1.84. The zero-order valence-electron chi connectivity index (χ0n) is 13.4. The fourth-order valence-electron chi connectivity index (χ4n) is 2.79. The molecule has 0 spiro atoms. The maximum atomic E-state index is 9.30. The third-order valence-electron chi connectivity index (χ3n) is 3.97. The van der Waals surface area contributed by atoms with E-state index in [1.165, 1.54) is 18.6 Å². The molecule has 0 saturated carbocycles. The Kier molecular flexibility index (Phi) is 5.46. The summed E-state index contributed by atoms with van der Waals surface area (Å²) in [6.45, 7) is 0.569. The summed E-state index contributed by atoms with van der Waals surface area (Å²) in [5, 5.41) is 17.5. The van der Waals surface area contributed by atoms with Crippen LogP contribution in [0.4, 0.5) is 5.82 Å². The largest absolute Gasteiger partial charge is 0.497 e. The highest BCUT2D eigenvalue weighted by Crippen LogP contribution is 2.27. The predicted octanol–water partition coefficient (Wildman–Crippen LogP) is 2.86. The lowest BCUT2D eigenvalue weighted by molar-refractivity contribution is 0.270. The summed E-state index contributed by atoms with van der Waals surface area (Å²) >= 11 is 1.99.